The second kappa shape index (κ2) is 7.52. The number of nitrogens with one attached hydrogen (secondary N) is 2. The molecule has 0 saturated heterocycles. The van der Waals surface area contributed by atoms with Crippen LogP contribution < -0.4 is 10.6 Å². The van der Waals surface area contributed by atoms with Crippen LogP contribution in [0.4, 0.5) is 16.2 Å². The van der Waals surface area contributed by atoms with Crippen molar-refractivity contribution >= 4 is 27.4 Å². The Hall–Kier alpha value is -2.61. The number of carbonyl (C=O) groups is 1. The lowest BCUT2D eigenvalue weighted by Gasteiger charge is -2.21. The molecular weight excluding hydrogens is 340 g/mol. The molecule has 134 valence electrons. The van der Waals surface area contributed by atoms with Gasteiger partial charge in [0.2, 0.25) is 0 Å². The van der Waals surface area contributed by atoms with E-state index in [0.29, 0.717) is 9.99 Å². The van der Waals surface area contributed by atoms with Crippen LogP contribution in [0.5, 0.6) is 0 Å². The van der Waals surface area contributed by atoms with Gasteiger partial charge in [0.1, 0.15) is 4.90 Å². The third-order valence-corrected chi connectivity index (χ3v) is 5.19. The number of rotatable bonds is 5. The highest BCUT2D eigenvalue weighted by atomic mass is 32.2. The predicted molar refractivity (Wildman–Crippen MR) is 97.3 cm³/mol. The van der Waals surface area contributed by atoms with Crippen LogP contribution in [0.2, 0.25) is 0 Å². The first kappa shape index (κ1) is 18.7. The van der Waals surface area contributed by atoms with E-state index in [1.54, 1.807) is 19.9 Å². The fourth-order valence-corrected chi connectivity index (χ4v) is 3.32. The van der Waals surface area contributed by atoms with Crippen LogP contribution in [0.15, 0.2) is 47.6 Å². The highest BCUT2D eigenvalue weighted by Gasteiger charge is 2.28. The number of amides is 2. The van der Waals surface area contributed by atoms with Crippen molar-refractivity contribution in [3.8, 4) is 0 Å². The summed E-state index contributed by atoms with van der Waals surface area (Å²) in [5.41, 5.74) is 2.14. The molecule has 0 unspecified atom stereocenters. The second-order valence-corrected chi connectivity index (χ2v) is 7.88. The van der Waals surface area contributed by atoms with E-state index in [2.05, 4.69) is 15.6 Å². The normalized spacial score (nSPS) is 11.2. The number of urea groups is 1. The number of pyridine rings is 1. The van der Waals surface area contributed by atoms with Gasteiger partial charge < -0.3 is 10.6 Å². The van der Waals surface area contributed by atoms with Crippen molar-refractivity contribution < 1.29 is 13.2 Å². The Bertz CT molecular complexity index is 866. The molecule has 7 nitrogen and oxygen atoms in total. The Balaban J connectivity index is 2.37. The lowest BCUT2D eigenvalue weighted by Crippen LogP contribution is -2.43. The highest BCUT2D eigenvalue weighted by Crippen LogP contribution is 2.26. The minimum atomic E-state index is -4.05. The molecule has 1 aromatic heterocycles. The SMILES string of the molecule is Cc1cccc(Nc2ccncc2S(=O)(=O)N(C)C(=O)NC(C)C)c1. The Morgan fingerprint density at radius 3 is 2.60 bits per heavy atom. The van der Waals surface area contributed by atoms with Crippen molar-refractivity contribution in [3.63, 3.8) is 0 Å². The number of carbonyl (C=O) groups excluding carboxylic acids is 1. The summed E-state index contributed by atoms with van der Waals surface area (Å²) in [7, 11) is -2.83. The predicted octanol–water partition coefficient (Wildman–Crippen LogP) is 2.87. The third kappa shape index (κ3) is 4.48. The van der Waals surface area contributed by atoms with Crippen LogP contribution in [0.3, 0.4) is 0 Å². The molecule has 2 rings (SSSR count). The molecule has 0 aliphatic carbocycles. The molecule has 1 aromatic carbocycles. The molecular formula is C17H22N4O3S. The van der Waals surface area contributed by atoms with Crippen LogP contribution in [-0.4, -0.2) is 36.8 Å². The molecule has 25 heavy (non-hydrogen) atoms. The van der Waals surface area contributed by atoms with E-state index < -0.39 is 16.1 Å². The first-order valence-electron chi connectivity index (χ1n) is 7.79. The van der Waals surface area contributed by atoms with Gasteiger partial charge in [0.15, 0.2) is 0 Å². The third-order valence-electron chi connectivity index (χ3n) is 3.42. The summed E-state index contributed by atoms with van der Waals surface area (Å²) < 4.78 is 26.3. The zero-order chi connectivity index (χ0) is 18.6. The number of nitrogens with zero attached hydrogens (tertiary/aromatic N) is 2. The summed E-state index contributed by atoms with van der Waals surface area (Å²) >= 11 is 0. The van der Waals surface area contributed by atoms with Crippen molar-refractivity contribution in [2.24, 2.45) is 0 Å². The monoisotopic (exact) mass is 362 g/mol. The van der Waals surface area contributed by atoms with Crippen LogP contribution in [0, 0.1) is 6.92 Å². The molecule has 2 aromatic rings. The Morgan fingerprint density at radius 2 is 1.96 bits per heavy atom. The smallest absolute Gasteiger partial charge is 0.331 e. The molecule has 2 amide bonds. The molecule has 0 radical (unpaired) electrons. The van der Waals surface area contributed by atoms with E-state index in [0.717, 1.165) is 11.3 Å². The van der Waals surface area contributed by atoms with Gasteiger partial charge in [-0.25, -0.2) is 17.5 Å². The summed E-state index contributed by atoms with van der Waals surface area (Å²) in [5, 5.41) is 5.64. The van der Waals surface area contributed by atoms with Gasteiger partial charge in [0.25, 0.3) is 10.0 Å². The van der Waals surface area contributed by atoms with Crippen molar-refractivity contribution in [2.45, 2.75) is 31.7 Å². The van der Waals surface area contributed by atoms with E-state index in [4.69, 9.17) is 0 Å². The van der Waals surface area contributed by atoms with Gasteiger partial charge in [-0.05, 0) is 44.5 Å². The van der Waals surface area contributed by atoms with E-state index >= 15 is 0 Å². The Labute approximate surface area is 148 Å². The van der Waals surface area contributed by atoms with Crippen molar-refractivity contribution in [1.29, 1.82) is 0 Å². The Morgan fingerprint density at radius 1 is 1.24 bits per heavy atom. The number of benzene rings is 1. The van der Waals surface area contributed by atoms with Gasteiger partial charge in [-0.1, -0.05) is 12.1 Å². The summed E-state index contributed by atoms with van der Waals surface area (Å²) in [6.45, 7) is 5.46. The number of sulfonamides is 1. The van der Waals surface area contributed by atoms with Gasteiger partial charge in [0.05, 0.1) is 5.69 Å². The van der Waals surface area contributed by atoms with Crippen molar-refractivity contribution in [2.75, 3.05) is 12.4 Å². The maximum Gasteiger partial charge on any atom is 0.331 e. The van der Waals surface area contributed by atoms with Gasteiger partial charge in [-0.3, -0.25) is 4.98 Å². The number of aromatic nitrogens is 1. The molecule has 0 bridgehead atoms. The van der Waals surface area contributed by atoms with Crippen LogP contribution in [-0.2, 0) is 10.0 Å². The van der Waals surface area contributed by atoms with Crippen molar-refractivity contribution in [3.05, 3.63) is 48.3 Å². The minimum Gasteiger partial charge on any atom is -0.354 e. The Kier molecular flexibility index (Phi) is 5.63. The largest absolute Gasteiger partial charge is 0.354 e. The molecule has 8 heteroatoms. The second-order valence-electron chi connectivity index (χ2n) is 5.94. The first-order valence-corrected chi connectivity index (χ1v) is 9.23. The highest BCUT2D eigenvalue weighted by molar-refractivity contribution is 7.89. The number of hydrogen-bond donors (Lipinski definition) is 2. The molecule has 0 spiro atoms. The van der Waals surface area contributed by atoms with Gasteiger partial charge in [-0.15, -0.1) is 0 Å². The molecule has 0 fully saturated rings. The average Bonchev–Trinajstić information content (AvgIpc) is 2.54. The van der Waals surface area contributed by atoms with E-state index in [1.807, 2.05) is 31.2 Å². The van der Waals surface area contributed by atoms with Gasteiger partial charge >= 0.3 is 6.03 Å². The topological polar surface area (TPSA) is 91.4 Å². The molecule has 0 saturated carbocycles. The van der Waals surface area contributed by atoms with Crippen LogP contribution in [0.25, 0.3) is 0 Å². The summed E-state index contributed by atoms with van der Waals surface area (Å²) in [6.07, 6.45) is 2.72. The molecule has 1 heterocycles. The van der Waals surface area contributed by atoms with Crippen molar-refractivity contribution in [1.82, 2.24) is 14.6 Å². The van der Waals surface area contributed by atoms with Crippen LogP contribution >= 0.6 is 0 Å². The first-order chi connectivity index (χ1) is 11.7. The zero-order valence-corrected chi connectivity index (χ0v) is 15.5. The fraction of sp³-hybridized carbons (Fsp3) is 0.294. The number of anilines is 2. The number of hydrogen-bond acceptors (Lipinski definition) is 5. The number of aryl methyl sites for hydroxylation is 1. The molecule has 0 aliphatic rings. The standard InChI is InChI=1S/C17H22N4O3S/c1-12(2)19-17(22)21(4)25(23,24)16-11-18-9-8-15(16)20-14-7-5-6-13(3)10-14/h5-12H,1-4H3,(H,18,20)(H,19,22). The zero-order valence-electron chi connectivity index (χ0n) is 14.6. The quantitative estimate of drug-likeness (QED) is 0.853. The fourth-order valence-electron chi connectivity index (χ4n) is 2.16. The summed E-state index contributed by atoms with van der Waals surface area (Å²) in [4.78, 5) is 15.9. The van der Waals surface area contributed by atoms with E-state index in [-0.39, 0.29) is 10.9 Å². The van der Waals surface area contributed by atoms with Gasteiger partial charge in [0, 0.05) is 31.2 Å². The molecule has 0 aliphatic heterocycles. The minimum absolute atomic E-state index is 0.0714. The van der Waals surface area contributed by atoms with Crippen LogP contribution in [0.1, 0.15) is 19.4 Å². The lowest BCUT2D eigenvalue weighted by molar-refractivity contribution is 0.226. The maximum absolute atomic E-state index is 12.8. The van der Waals surface area contributed by atoms with E-state index in [9.17, 15) is 13.2 Å². The van der Waals surface area contributed by atoms with E-state index in [1.165, 1.54) is 19.4 Å². The van der Waals surface area contributed by atoms with Gasteiger partial charge in [-0.2, -0.15) is 0 Å². The lowest BCUT2D eigenvalue weighted by atomic mass is 10.2. The average molecular weight is 362 g/mol. The molecule has 2 N–H and O–H groups in total. The summed E-state index contributed by atoms with van der Waals surface area (Å²) in [5.74, 6) is 0. The summed E-state index contributed by atoms with van der Waals surface area (Å²) in [6, 6.07) is 8.23. The maximum atomic E-state index is 12.8. The molecule has 0 atom stereocenters.